The Balaban J connectivity index is 3.21. The van der Waals surface area contributed by atoms with Crippen molar-refractivity contribution in [1.82, 2.24) is 0 Å². The van der Waals surface area contributed by atoms with E-state index in [1.807, 2.05) is 0 Å². The summed E-state index contributed by atoms with van der Waals surface area (Å²) in [5, 5.41) is 0. The van der Waals surface area contributed by atoms with Crippen molar-refractivity contribution in [3.63, 3.8) is 0 Å². The van der Waals surface area contributed by atoms with E-state index in [2.05, 4.69) is 148 Å². The first-order chi connectivity index (χ1) is 15.3. The van der Waals surface area contributed by atoms with E-state index in [1.165, 1.54) is 27.8 Å². The van der Waals surface area contributed by atoms with E-state index in [0.717, 1.165) is 0 Å². The molecule has 2 rings (SSSR count). The van der Waals surface area contributed by atoms with Crippen molar-refractivity contribution in [3.8, 4) is 0 Å². The summed E-state index contributed by atoms with van der Waals surface area (Å²) < 4.78 is 0. The van der Waals surface area contributed by atoms with Gasteiger partial charge in [-0.05, 0) is 66.0 Å². The van der Waals surface area contributed by atoms with Crippen LogP contribution in [0.3, 0.4) is 0 Å². The number of hydrogen-bond donors (Lipinski definition) is 0. The van der Waals surface area contributed by atoms with Gasteiger partial charge >= 0.3 is 0 Å². The van der Waals surface area contributed by atoms with Crippen molar-refractivity contribution in [2.75, 3.05) is 0 Å². The van der Waals surface area contributed by atoms with Gasteiger partial charge < -0.3 is 0 Å². The van der Waals surface area contributed by atoms with Crippen molar-refractivity contribution in [1.29, 1.82) is 0 Å². The van der Waals surface area contributed by atoms with Gasteiger partial charge in [0, 0.05) is 5.41 Å². The Morgan fingerprint density at radius 1 is 0.371 bits per heavy atom. The Morgan fingerprint density at radius 2 is 0.771 bits per heavy atom. The summed E-state index contributed by atoms with van der Waals surface area (Å²) in [5.41, 5.74) is 10.6. The summed E-state index contributed by atoms with van der Waals surface area (Å²) in [6.07, 6.45) is 0. The largest absolute Gasteiger partial charge is 0.0617 e. The lowest BCUT2D eigenvalue weighted by Crippen LogP contribution is -2.36. The predicted molar refractivity (Wildman–Crippen MR) is 159 cm³/mol. The molecule has 0 unspecified atom stereocenters. The molecule has 2 aromatic rings. The van der Waals surface area contributed by atoms with Crippen LogP contribution in [0.1, 0.15) is 157 Å². The highest BCUT2D eigenvalue weighted by Gasteiger charge is 2.41. The number of benzene rings is 2. The molecule has 0 aromatic heterocycles. The fourth-order valence-corrected chi connectivity index (χ4v) is 5.61. The molecule has 2 aromatic carbocycles. The van der Waals surface area contributed by atoms with Crippen molar-refractivity contribution in [2.24, 2.45) is 0 Å². The molecule has 0 N–H and O–H groups in total. The van der Waals surface area contributed by atoms with Crippen molar-refractivity contribution in [2.45, 2.75) is 150 Å². The van der Waals surface area contributed by atoms with Gasteiger partial charge in [-0.1, -0.05) is 148 Å². The summed E-state index contributed by atoms with van der Waals surface area (Å²) in [7, 11) is 0. The minimum absolute atomic E-state index is 0.0211. The minimum atomic E-state index is -0.125. The van der Waals surface area contributed by atoms with Crippen LogP contribution in [0, 0.1) is 0 Å². The van der Waals surface area contributed by atoms with Gasteiger partial charge in [0.05, 0.1) is 0 Å². The zero-order valence-corrected chi connectivity index (χ0v) is 26.4. The molecule has 0 amide bonds. The summed E-state index contributed by atoms with van der Waals surface area (Å²) in [6, 6.07) is 11.9. The zero-order chi connectivity index (χ0) is 27.6. The molecule has 0 fully saturated rings. The van der Waals surface area contributed by atoms with Crippen LogP contribution in [-0.2, 0) is 32.5 Å². The maximum Gasteiger partial charge on any atom is 0.0149 e. The van der Waals surface area contributed by atoms with Gasteiger partial charge in [-0.2, -0.15) is 0 Å². The fourth-order valence-electron chi connectivity index (χ4n) is 5.61. The molecule has 0 nitrogen and oxygen atoms in total. The lowest BCUT2D eigenvalue weighted by atomic mass is 9.60. The van der Waals surface area contributed by atoms with E-state index in [0.29, 0.717) is 0 Å². The second-order valence-electron chi connectivity index (χ2n) is 16.6. The SMILES string of the molecule is CC(C)(C)c1cccc(C(C)(C)c2cc(C(C)(C)C)c(C(C)(C)C)c(C(C)(C)C)c2C(C)(C)C)c1. The smallest absolute Gasteiger partial charge is 0.0149 e. The summed E-state index contributed by atoms with van der Waals surface area (Å²) in [4.78, 5) is 0. The standard InChI is InChI=1S/C35H56/c1-30(2,3)23-19-18-20-24(21-23)35(16,17)26-22-25(31(4,5)6)27(32(7,8)9)29(34(13,14)15)28(26)33(10,11)12/h18-22H,1-17H3. The van der Waals surface area contributed by atoms with Gasteiger partial charge in [0.15, 0.2) is 0 Å². The van der Waals surface area contributed by atoms with Crippen LogP contribution in [0.25, 0.3) is 0 Å². The Hall–Kier alpha value is -1.56. The van der Waals surface area contributed by atoms with Gasteiger partial charge in [-0.25, -0.2) is 0 Å². The first kappa shape index (κ1) is 29.7. The fraction of sp³-hybridized carbons (Fsp3) is 0.657. The normalized spacial score (nSPS) is 14.4. The van der Waals surface area contributed by atoms with E-state index < -0.39 is 0 Å². The van der Waals surface area contributed by atoms with E-state index in [9.17, 15) is 0 Å². The molecule has 0 aliphatic rings. The van der Waals surface area contributed by atoms with E-state index in [4.69, 9.17) is 0 Å². The van der Waals surface area contributed by atoms with E-state index in [1.54, 1.807) is 11.1 Å². The quantitative estimate of drug-likeness (QED) is 0.404. The van der Waals surface area contributed by atoms with Gasteiger partial charge in [0.2, 0.25) is 0 Å². The van der Waals surface area contributed by atoms with Crippen LogP contribution < -0.4 is 0 Å². The Bertz CT molecular complexity index is 1060. The molecule has 0 radical (unpaired) electrons. The molecule has 0 aliphatic carbocycles. The Kier molecular flexibility index (Phi) is 7.44. The third kappa shape index (κ3) is 6.06. The highest BCUT2D eigenvalue weighted by molar-refractivity contribution is 5.60. The van der Waals surface area contributed by atoms with Crippen molar-refractivity contribution in [3.05, 3.63) is 69.3 Å². The maximum absolute atomic E-state index is 2.60. The number of rotatable bonds is 2. The third-order valence-electron chi connectivity index (χ3n) is 7.51. The Labute approximate surface area is 219 Å². The average Bonchev–Trinajstić information content (AvgIpc) is 2.62. The molecule has 35 heavy (non-hydrogen) atoms. The molecule has 0 saturated heterocycles. The van der Waals surface area contributed by atoms with Crippen LogP contribution >= 0.6 is 0 Å². The van der Waals surface area contributed by atoms with Crippen LogP contribution in [0.15, 0.2) is 30.3 Å². The monoisotopic (exact) mass is 476 g/mol. The van der Waals surface area contributed by atoms with Gasteiger partial charge in [-0.15, -0.1) is 0 Å². The molecule has 0 aliphatic heterocycles. The molecule has 0 heteroatoms. The lowest BCUT2D eigenvalue weighted by molar-refractivity contribution is 0.464. The van der Waals surface area contributed by atoms with Gasteiger partial charge in [0.1, 0.15) is 0 Å². The molecular formula is C35H56. The lowest BCUT2D eigenvalue weighted by Gasteiger charge is -2.44. The van der Waals surface area contributed by atoms with Crippen LogP contribution in [0.2, 0.25) is 0 Å². The predicted octanol–water partition coefficient (Wildman–Crippen LogP) is 10.5. The second kappa shape index (κ2) is 8.78. The van der Waals surface area contributed by atoms with Crippen LogP contribution in [0.5, 0.6) is 0 Å². The minimum Gasteiger partial charge on any atom is -0.0617 e. The molecule has 0 bridgehead atoms. The second-order valence-corrected chi connectivity index (χ2v) is 16.6. The van der Waals surface area contributed by atoms with Crippen LogP contribution in [-0.4, -0.2) is 0 Å². The van der Waals surface area contributed by atoms with Crippen molar-refractivity contribution < 1.29 is 0 Å². The highest BCUT2D eigenvalue weighted by Crippen LogP contribution is 2.50. The third-order valence-corrected chi connectivity index (χ3v) is 7.51. The topological polar surface area (TPSA) is 0 Å². The van der Waals surface area contributed by atoms with Crippen molar-refractivity contribution >= 4 is 0 Å². The summed E-state index contributed by atoms with van der Waals surface area (Å²) in [6.45, 7) is 40.6. The molecule has 0 saturated carbocycles. The average molecular weight is 477 g/mol. The maximum atomic E-state index is 2.60. The molecule has 0 spiro atoms. The summed E-state index contributed by atoms with van der Waals surface area (Å²) in [5.74, 6) is 0. The highest BCUT2D eigenvalue weighted by atomic mass is 14.4. The first-order valence-electron chi connectivity index (χ1n) is 13.6. The molecule has 196 valence electrons. The number of hydrogen-bond acceptors (Lipinski definition) is 0. The molecule has 0 heterocycles. The molecular weight excluding hydrogens is 420 g/mol. The van der Waals surface area contributed by atoms with Crippen LogP contribution in [0.4, 0.5) is 0 Å². The van der Waals surface area contributed by atoms with Gasteiger partial charge in [0.25, 0.3) is 0 Å². The summed E-state index contributed by atoms with van der Waals surface area (Å²) >= 11 is 0. The van der Waals surface area contributed by atoms with E-state index in [-0.39, 0.29) is 32.5 Å². The molecule has 0 atom stereocenters. The first-order valence-corrected chi connectivity index (χ1v) is 13.6. The Morgan fingerprint density at radius 3 is 1.14 bits per heavy atom. The van der Waals surface area contributed by atoms with Gasteiger partial charge in [-0.3, -0.25) is 0 Å². The van der Waals surface area contributed by atoms with E-state index >= 15 is 0 Å². The zero-order valence-electron chi connectivity index (χ0n) is 26.4.